The van der Waals surface area contributed by atoms with E-state index in [-0.39, 0.29) is 17.2 Å². The van der Waals surface area contributed by atoms with E-state index in [1.54, 1.807) is 42.6 Å². The third-order valence-electron chi connectivity index (χ3n) is 4.40. The van der Waals surface area contributed by atoms with Crippen LogP contribution >= 0.6 is 0 Å². The van der Waals surface area contributed by atoms with Crippen LogP contribution in [0.2, 0.25) is 0 Å². The second-order valence-corrected chi connectivity index (χ2v) is 6.49. The number of halogens is 1. The Hall–Kier alpha value is -4.00. The van der Waals surface area contributed by atoms with Crippen LogP contribution in [-0.4, -0.2) is 21.2 Å². The minimum Gasteiger partial charge on any atom is -0.319 e. The predicted octanol–water partition coefficient (Wildman–Crippen LogP) is 4.29. The third-order valence-corrected chi connectivity index (χ3v) is 4.40. The molecule has 144 valence electrons. The molecule has 2 aromatic carbocycles. The molecular weight excluding hydrogens is 371 g/mol. The number of nitrogens with one attached hydrogen (secondary N) is 2. The van der Waals surface area contributed by atoms with Crippen LogP contribution in [0.1, 0.15) is 26.7 Å². The second kappa shape index (κ2) is 7.55. The number of benzene rings is 2. The molecule has 2 aromatic heterocycles. The maximum absolute atomic E-state index is 13.9. The maximum Gasteiger partial charge on any atom is 0.292 e. The number of carbonyl (C=O) groups is 2. The van der Waals surface area contributed by atoms with Crippen molar-refractivity contribution in [2.45, 2.75) is 6.92 Å². The molecule has 7 heteroatoms. The number of rotatable bonds is 4. The molecule has 0 fully saturated rings. The lowest BCUT2D eigenvalue weighted by atomic mass is 10.2. The largest absolute Gasteiger partial charge is 0.319 e. The fourth-order valence-corrected chi connectivity index (χ4v) is 2.93. The number of aryl methyl sites for hydroxylation is 1. The van der Waals surface area contributed by atoms with Crippen molar-refractivity contribution in [3.63, 3.8) is 0 Å². The van der Waals surface area contributed by atoms with Gasteiger partial charge in [-0.2, -0.15) is 0 Å². The molecule has 0 unspecified atom stereocenters. The van der Waals surface area contributed by atoms with Gasteiger partial charge in [-0.1, -0.05) is 35.9 Å². The van der Waals surface area contributed by atoms with Crippen LogP contribution in [-0.2, 0) is 0 Å². The summed E-state index contributed by atoms with van der Waals surface area (Å²) >= 11 is 0. The van der Waals surface area contributed by atoms with E-state index in [1.807, 2.05) is 19.1 Å². The maximum atomic E-state index is 13.9. The number of aromatic nitrogens is 2. The van der Waals surface area contributed by atoms with E-state index in [9.17, 15) is 14.0 Å². The van der Waals surface area contributed by atoms with Crippen LogP contribution < -0.4 is 10.6 Å². The molecule has 4 rings (SSSR count). The van der Waals surface area contributed by atoms with Gasteiger partial charge in [0, 0.05) is 11.9 Å². The predicted molar refractivity (Wildman–Crippen MR) is 109 cm³/mol. The first-order chi connectivity index (χ1) is 14.0. The molecule has 6 nitrogen and oxygen atoms in total. The lowest BCUT2D eigenvalue weighted by Gasteiger charge is -2.04. The van der Waals surface area contributed by atoms with Crippen molar-refractivity contribution in [2.24, 2.45) is 0 Å². The molecule has 0 bridgehead atoms. The zero-order chi connectivity index (χ0) is 20.4. The highest BCUT2D eigenvalue weighted by Gasteiger charge is 2.22. The first kappa shape index (κ1) is 18.4. The highest BCUT2D eigenvalue weighted by Crippen LogP contribution is 2.19. The van der Waals surface area contributed by atoms with Crippen LogP contribution in [0.4, 0.5) is 15.8 Å². The van der Waals surface area contributed by atoms with Crippen LogP contribution in [0.3, 0.4) is 0 Å². The molecule has 0 aliphatic carbocycles. The number of hydrogen-bond donors (Lipinski definition) is 2. The van der Waals surface area contributed by atoms with E-state index in [4.69, 9.17) is 0 Å². The molecule has 0 saturated heterocycles. The molecule has 2 heterocycles. The van der Waals surface area contributed by atoms with Crippen molar-refractivity contribution in [1.29, 1.82) is 0 Å². The van der Waals surface area contributed by atoms with Gasteiger partial charge in [0.25, 0.3) is 11.8 Å². The fourth-order valence-electron chi connectivity index (χ4n) is 2.93. The zero-order valence-electron chi connectivity index (χ0n) is 15.5. The SMILES string of the molecule is Cc1ccc(NC(=O)c2nc(C(=O)Nc3ccccc3F)c3ccccn23)cc1. The van der Waals surface area contributed by atoms with Gasteiger partial charge in [0.05, 0.1) is 11.2 Å². The van der Waals surface area contributed by atoms with Crippen molar-refractivity contribution >= 4 is 28.7 Å². The van der Waals surface area contributed by atoms with Crippen molar-refractivity contribution in [2.75, 3.05) is 10.6 Å². The number of hydrogen-bond acceptors (Lipinski definition) is 3. The Morgan fingerprint density at radius 1 is 0.897 bits per heavy atom. The number of carbonyl (C=O) groups excluding carboxylic acids is 2. The molecule has 0 aliphatic heterocycles. The Labute approximate surface area is 166 Å². The van der Waals surface area contributed by atoms with Crippen LogP contribution in [0.5, 0.6) is 0 Å². The summed E-state index contributed by atoms with van der Waals surface area (Å²) in [7, 11) is 0. The third kappa shape index (κ3) is 3.70. The van der Waals surface area contributed by atoms with Crippen LogP contribution in [0.25, 0.3) is 5.52 Å². The molecule has 0 atom stereocenters. The van der Waals surface area contributed by atoms with Crippen LogP contribution in [0.15, 0.2) is 72.9 Å². The number of imidazole rings is 1. The van der Waals surface area contributed by atoms with Gasteiger partial charge in [-0.15, -0.1) is 0 Å². The lowest BCUT2D eigenvalue weighted by Crippen LogP contribution is -2.16. The zero-order valence-corrected chi connectivity index (χ0v) is 15.5. The highest BCUT2D eigenvalue weighted by atomic mass is 19.1. The quantitative estimate of drug-likeness (QED) is 0.548. The Morgan fingerprint density at radius 2 is 1.62 bits per heavy atom. The first-order valence-corrected chi connectivity index (χ1v) is 8.94. The van der Waals surface area contributed by atoms with Gasteiger partial charge in [0.2, 0.25) is 5.82 Å². The fraction of sp³-hybridized carbons (Fsp3) is 0.0455. The molecule has 2 N–H and O–H groups in total. The second-order valence-electron chi connectivity index (χ2n) is 6.49. The normalized spacial score (nSPS) is 10.7. The van der Waals surface area contributed by atoms with Crippen molar-refractivity contribution in [3.05, 3.63) is 95.8 Å². The summed E-state index contributed by atoms with van der Waals surface area (Å²) in [4.78, 5) is 29.7. The number of fused-ring (bicyclic) bond motifs is 1. The number of pyridine rings is 1. The molecule has 2 amide bonds. The van der Waals surface area contributed by atoms with Crippen molar-refractivity contribution in [1.82, 2.24) is 9.38 Å². The number of para-hydroxylation sites is 1. The van der Waals surface area contributed by atoms with E-state index in [1.165, 1.54) is 22.6 Å². The van der Waals surface area contributed by atoms with E-state index in [0.717, 1.165) is 5.56 Å². The lowest BCUT2D eigenvalue weighted by molar-refractivity contribution is 0.101. The molecule has 0 aliphatic rings. The summed E-state index contributed by atoms with van der Waals surface area (Å²) < 4.78 is 15.4. The minimum atomic E-state index is -0.604. The van der Waals surface area contributed by atoms with E-state index in [2.05, 4.69) is 15.6 Å². The van der Waals surface area contributed by atoms with E-state index < -0.39 is 17.6 Å². The first-order valence-electron chi connectivity index (χ1n) is 8.94. The average molecular weight is 388 g/mol. The summed E-state index contributed by atoms with van der Waals surface area (Å²) in [6.45, 7) is 1.95. The molecule has 0 radical (unpaired) electrons. The number of amides is 2. The average Bonchev–Trinajstić information content (AvgIpc) is 3.11. The van der Waals surface area contributed by atoms with Gasteiger partial charge in [-0.05, 0) is 43.3 Å². The summed E-state index contributed by atoms with van der Waals surface area (Å²) in [5, 5.41) is 5.28. The Morgan fingerprint density at radius 3 is 2.38 bits per heavy atom. The standard InChI is InChI=1S/C22H17FN4O2/c1-14-9-11-15(12-10-14)24-22(29)20-26-19(18-8-4-5-13-27(18)20)21(28)25-17-7-3-2-6-16(17)23/h2-13H,1H3,(H,24,29)(H,25,28). The monoisotopic (exact) mass is 388 g/mol. The topological polar surface area (TPSA) is 75.5 Å². The van der Waals surface area contributed by atoms with Gasteiger partial charge in [0.15, 0.2) is 5.69 Å². The van der Waals surface area contributed by atoms with Crippen LogP contribution in [0, 0.1) is 12.7 Å². The number of nitrogens with zero attached hydrogens (tertiary/aromatic N) is 2. The smallest absolute Gasteiger partial charge is 0.292 e. The summed E-state index contributed by atoms with van der Waals surface area (Å²) in [6, 6.07) is 18.3. The van der Waals surface area contributed by atoms with E-state index >= 15 is 0 Å². The summed E-state index contributed by atoms with van der Waals surface area (Å²) in [5.74, 6) is -1.56. The summed E-state index contributed by atoms with van der Waals surface area (Å²) in [5.41, 5.74) is 2.20. The molecule has 29 heavy (non-hydrogen) atoms. The number of anilines is 2. The molecule has 4 aromatic rings. The summed E-state index contributed by atoms with van der Waals surface area (Å²) in [6.07, 6.45) is 1.65. The molecular formula is C22H17FN4O2. The molecule has 0 saturated carbocycles. The highest BCUT2D eigenvalue weighted by molar-refractivity contribution is 6.10. The van der Waals surface area contributed by atoms with Gasteiger partial charge in [0.1, 0.15) is 5.82 Å². The van der Waals surface area contributed by atoms with Gasteiger partial charge in [-0.3, -0.25) is 14.0 Å². The van der Waals surface area contributed by atoms with Crippen molar-refractivity contribution < 1.29 is 14.0 Å². The Bertz CT molecular complexity index is 1220. The Balaban J connectivity index is 1.67. The van der Waals surface area contributed by atoms with E-state index in [0.29, 0.717) is 11.2 Å². The minimum absolute atomic E-state index is 0.0305. The molecule has 0 spiro atoms. The van der Waals surface area contributed by atoms with Gasteiger partial charge < -0.3 is 10.6 Å². The van der Waals surface area contributed by atoms with Gasteiger partial charge >= 0.3 is 0 Å². The van der Waals surface area contributed by atoms with Gasteiger partial charge in [-0.25, -0.2) is 9.37 Å². The Kier molecular flexibility index (Phi) is 4.78. The van der Waals surface area contributed by atoms with Crippen molar-refractivity contribution in [3.8, 4) is 0 Å².